The van der Waals surface area contributed by atoms with Gasteiger partial charge in [-0.2, -0.15) is 17.0 Å². The molecule has 2 aromatic carbocycles. The van der Waals surface area contributed by atoms with Crippen molar-refractivity contribution in [3.05, 3.63) is 57.6 Å². The molecule has 0 amide bonds. The van der Waals surface area contributed by atoms with E-state index in [2.05, 4.69) is 0 Å². The molecule has 10 heteroatoms. The lowest BCUT2D eigenvalue weighted by atomic mass is 9.83. The number of hydrogen-bond donors (Lipinski definition) is 1. The topological polar surface area (TPSA) is 87.1 Å². The Morgan fingerprint density at radius 2 is 1.59 bits per heavy atom. The highest BCUT2D eigenvalue weighted by atomic mass is 32.2. The molecule has 0 bridgehead atoms. The van der Waals surface area contributed by atoms with E-state index in [-0.39, 0.29) is 19.6 Å². The Morgan fingerprint density at radius 1 is 1.03 bits per heavy atom. The molecular formula is C27H34F2N2O5S. The molecule has 1 fully saturated rings. The third kappa shape index (κ3) is 5.30. The van der Waals surface area contributed by atoms with Gasteiger partial charge >= 0.3 is 5.97 Å². The molecule has 2 aromatic rings. The van der Waals surface area contributed by atoms with Crippen molar-refractivity contribution < 1.29 is 31.8 Å². The van der Waals surface area contributed by atoms with Crippen LogP contribution in [-0.2, 0) is 32.8 Å². The van der Waals surface area contributed by atoms with Crippen molar-refractivity contribution in [2.75, 3.05) is 13.1 Å². The lowest BCUT2D eigenvalue weighted by molar-refractivity contribution is -0.160. The molecule has 37 heavy (non-hydrogen) atoms. The normalized spacial score (nSPS) is 19.2. The van der Waals surface area contributed by atoms with Crippen molar-refractivity contribution in [3.8, 4) is 11.1 Å². The fourth-order valence-electron chi connectivity index (χ4n) is 5.23. The Hall–Kier alpha value is -2.40. The lowest BCUT2D eigenvalue weighted by Crippen LogP contribution is -2.41. The first-order valence-electron chi connectivity index (χ1n) is 12.3. The van der Waals surface area contributed by atoms with Gasteiger partial charge in [0, 0.05) is 31.6 Å². The van der Waals surface area contributed by atoms with Gasteiger partial charge in [0.25, 0.3) is 16.1 Å². The van der Waals surface area contributed by atoms with Crippen LogP contribution in [-0.4, -0.2) is 52.7 Å². The maximum absolute atomic E-state index is 13.8. The first-order chi connectivity index (χ1) is 17.0. The van der Waals surface area contributed by atoms with E-state index < -0.39 is 46.8 Å². The number of aryl methyl sites for hydroxylation is 1. The summed E-state index contributed by atoms with van der Waals surface area (Å²) in [5.41, 5.74) is 5.12. The molecule has 1 N–H and O–H groups in total. The standard InChI is InChI=1S/C27H34F2N2O5S/c1-16-7-9-19(10-8-16)22-17(2)20-13-31(37(34,35)30-12-11-27(28,29)15-30)14-21(20)18(3)23(22)24(25(32)33)36-26(4,5)6/h7-10,24H,11-15H2,1-6H3,(H,32,33)/t24-/m0/s1. The average Bonchev–Trinajstić information content (AvgIpc) is 3.39. The number of carboxylic acid groups (broad SMARTS) is 1. The maximum Gasteiger partial charge on any atom is 0.337 e. The molecular weight excluding hydrogens is 502 g/mol. The van der Waals surface area contributed by atoms with Crippen molar-refractivity contribution >= 4 is 16.2 Å². The molecule has 2 aliphatic rings. The highest BCUT2D eigenvalue weighted by molar-refractivity contribution is 7.86. The minimum absolute atomic E-state index is 0.0184. The van der Waals surface area contributed by atoms with Crippen LogP contribution in [0.5, 0.6) is 0 Å². The quantitative estimate of drug-likeness (QED) is 0.554. The summed E-state index contributed by atoms with van der Waals surface area (Å²) in [4.78, 5) is 12.5. The highest BCUT2D eigenvalue weighted by Gasteiger charge is 2.47. The zero-order valence-corrected chi connectivity index (χ0v) is 22.9. The Bertz CT molecular complexity index is 1330. The average molecular weight is 537 g/mol. The van der Waals surface area contributed by atoms with Crippen molar-refractivity contribution in [3.63, 3.8) is 0 Å². The second kappa shape index (κ2) is 9.41. The van der Waals surface area contributed by atoms with Crippen LogP contribution in [0.2, 0.25) is 0 Å². The molecule has 4 rings (SSSR count). The third-order valence-electron chi connectivity index (χ3n) is 7.07. The van der Waals surface area contributed by atoms with Gasteiger partial charge < -0.3 is 9.84 Å². The second-order valence-corrected chi connectivity index (χ2v) is 13.0. The molecule has 2 heterocycles. The van der Waals surface area contributed by atoms with Crippen LogP contribution in [0.25, 0.3) is 11.1 Å². The second-order valence-electron chi connectivity index (χ2n) is 11.0. The number of carbonyl (C=O) groups is 1. The van der Waals surface area contributed by atoms with Crippen LogP contribution in [0.3, 0.4) is 0 Å². The summed E-state index contributed by atoms with van der Waals surface area (Å²) in [6.07, 6.45) is -1.79. The van der Waals surface area contributed by atoms with Crippen molar-refractivity contribution in [2.24, 2.45) is 0 Å². The minimum Gasteiger partial charge on any atom is -0.479 e. The fourth-order valence-corrected chi connectivity index (χ4v) is 6.81. The Kier molecular flexibility index (Phi) is 7.03. The molecule has 1 saturated heterocycles. The molecule has 1 atom stereocenters. The highest BCUT2D eigenvalue weighted by Crippen LogP contribution is 2.44. The van der Waals surface area contributed by atoms with Crippen LogP contribution >= 0.6 is 0 Å². The largest absolute Gasteiger partial charge is 0.479 e. The number of alkyl halides is 2. The molecule has 0 aliphatic carbocycles. The third-order valence-corrected chi connectivity index (χ3v) is 8.95. The van der Waals surface area contributed by atoms with E-state index in [1.165, 1.54) is 4.31 Å². The first-order valence-corrected chi connectivity index (χ1v) is 13.7. The summed E-state index contributed by atoms with van der Waals surface area (Å²) in [6.45, 7) is 9.89. The number of benzene rings is 2. The number of carboxylic acids is 1. The van der Waals surface area contributed by atoms with Crippen molar-refractivity contribution in [1.82, 2.24) is 8.61 Å². The van der Waals surface area contributed by atoms with E-state index in [0.29, 0.717) is 22.3 Å². The van der Waals surface area contributed by atoms with Gasteiger partial charge in [-0.1, -0.05) is 29.8 Å². The van der Waals surface area contributed by atoms with Gasteiger partial charge in [-0.15, -0.1) is 0 Å². The maximum atomic E-state index is 13.8. The predicted molar refractivity (Wildman–Crippen MR) is 137 cm³/mol. The zero-order valence-electron chi connectivity index (χ0n) is 22.1. The van der Waals surface area contributed by atoms with Crippen LogP contribution in [0, 0.1) is 20.8 Å². The van der Waals surface area contributed by atoms with Gasteiger partial charge in [0.1, 0.15) is 0 Å². The van der Waals surface area contributed by atoms with Crippen molar-refractivity contribution in [1.29, 1.82) is 0 Å². The van der Waals surface area contributed by atoms with E-state index in [0.717, 1.165) is 26.6 Å². The molecule has 0 aromatic heterocycles. The Labute approximate surface area is 217 Å². The van der Waals surface area contributed by atoms with Crippen LogP contribution < -0.4 is 0 Å². The Morgan fingerprint density at radius 3 is 2.08 bits per heavy atom. The van der Waals surface area contributed by atoms with Gasteiger partial charge in [0.15, 0.2) is 6.10 Å². The van der Waals surface area contributed by atoms with Crippen LogP contribution in [0.15, 0.2) is 24.3 Å². The smallest absolute Gasteiger partial charge is 0.337 e. The predicted octanol–water partition coefficient (Wildman–Crippen LogP) is 5.12. The monoisotopic (exact) mass is 536 g/mol. The van der Waals surface area contributed by atoms with Crippen LogP contribution in [0.1, 0.15) is 66.7 Å². The first kappa shape index (κ1) is 27.6. The number of halogens is 2. The number of fused-ring (bicyclic) bond motifs is 1. The fraction of sp³-hybridized carbons (Fsp3) is 0.519. The summed E-state index contributed by atoms with van der Waals surface area (Å²) < 4.78 is 62.4. The minimum atomic E-state index is -4.13. The van der Waals surface area contributed by atoms with E-state index in [1.807, 2.05) is 38.1 Å². The van der Waals surface area contributed by atoms with Crippen molar-refractivity contribution in [2.45, 2.75) is 78.7 Å². The zero-order chi connectivity index (χ0) is 27.5. The number of aliphatic carboxylic acids is 1. The van der Waals surface area contributed by atoms with E-state index in [1.54, 1.807) is 27.7 Å². The summed E-state index contributed by atoms with van der Waals surface area (Å²) in [5.74, 6) is -4.19. The molecule has 0 unspecified atom stereocenters. The van der Waals surface area contributed by atoms with Gasteiger partial charge in [-0.3, -0.25) is 0 Å². The van der Waals surface area contributed by atoms with Gasteiger partial charge in [-0.05, 0) is 74.9 Å². The van der Waals surface area contributed by atoms with E-state index in [9.17, 15) is 27.1 Å². The molecule has 7 nitrogen and oxygen atoms in total. The molecule has 0 spiro atoms. The summed E-state index contributed by atoms with van der Waals surface area (Å²) in [5, 5.41) is 10.2. The van der Waals surface area contributed by atoms with Gasteiger partial charge in [0.2, 0.25) is 0 Å². The molecule has 2 aliphatic heterocycles. The van der Waals surface area contributed by atoms with E-state index in [4.69, 9.17) is 4.74 Å². The number of hydrogen-bond acceptors (Lipinski definition) is 4. The Balaban J connectivity index is 1.88. The van der Waals surface area contributed by atoms with Gasteiger partial charge in [0.05, 0.1) is 12.1 Å². The number of nitrogens with zero attached hydrogens (tertiary/aromatic N) is 2. The molecule has 202 valence electrons. The lowest BCUT2D eigenvalue weighted by Gasteiger charge is -2.30. The summed E-state index contributed by atoms with van der Waals surface area (Å²) >= 11 is 0. The molecule has 0 saturated carbocycles. The number of rotatable bonds is 6. The van der Waals surface area contributed by atoms with Crippen LogP contribution in [0.4, 0.5) is 8.78 Å². The summed E-state index contributed by atoms with van der Waals surface area (Å²) in [6, 6.07) is 7.70. The molecule has 0 radical (unpaired) electrons. The van der Waals surface area contributed by atoms with E-state index >= 15 is 0 Å². The van der Waals surface area contributed by atoms with Gasteiger partial charge in [-0.25, -0.2) is 13.6 Å². The number of ether oxygens (including phenoxy) is 1. The summed E-state index contributed by atoms with van der Waals surface area (Å²) in [7, 11) is -4.13. The SMILES string of the molecule is Cc1ccc(-c2c(C)c3c(c(C)c2[C@H](OC(C)(C)C)C(=O)O)CN(S(=O)(=O)N2CCC(F)(F)C2)C3)cc1.